The molecule has 0 aromatic rings. The highest BCUT2D eigenvalue weighted by molar-refractivity contribution is 5.83. The van der Waals surface area contributed by atoms with Gasteiger partial charge < -0.3 is 5.11 Å². The van der Waals surface area contributed by atoms with Gasteiger partial charge in [-0.25, -0.2) is 0 Å². The van der Waals surface area contributed by atoms with E-state index in [0.717, 1.165) is 19.3 Å². The van der Waals surface area contributed by atoms with Crippen molar-refractivity contribution in [2.45, 2.75) is 45.6 Å². The molecule has 0 aliphatic heterocycles. The molecule has 3 atom stereocenters. The average Bonchev–Trinajstić information content (AvgIpc) is 2.48. The highest BCUT2D eigenvalue weighted by atomic mass is 16.3. The van der Waals surface area contributed by atoms with Crippen molar-refractivity contribution < 1.29 is 9.90 Å². The van der Waals surface area contributed by atoms with Crippen LogP contribution in [0.1, 0.15) is 39.5 Å². The molecule has 80 valence electrons. The molecule has 1 aliphatic rings. The van der Waals surface area contributed by atoms with Crippen LogP contribution in [0.15, 0.2) is 12.2 Å². The van der Waals surface area contributed by atoms with Crippen molar-refractivity contribution in [2.24, 2.45) is 11.8 Å². The Morgan fingerprint density at radius 2 is 2.29 bits per heavy atom. The van der Waals surface area contributed by atoms with E-state index in [1.54, 1.807) is 6.92 Å². The second kappa shape index (κ2) is 5.30. The van der Waals surface area contributed by atoms with Gasteiger partial charge in [-0.2, -0.15) is 0 Å². The molecule has 0 saturated heterocycles. The molecule has 2 heteroatoms. The molecule has 0 heterocycles. The normalized spacial score (nSPS) is 30.1. The molecule has 3 unspecified atom stereocenters. The average molecular weight is 196 g/mol. The van der Waals surface area contributed by atoms with E-state index in [-0.39, 0.29) is 17.9 Å². The molecule has 1 saturated carbocycles. The summed E-state index contributed by atoms with van der Waals surface area (Å²) in [5, 5.41) is 9.52. The lowest BCUT2D eigenvalue weighted by Crippen LogP contribution is -2.23. The molecule has 1 rings (SSSR count). The Labute approximate surface area is 86.0 Å². The first kappa shape index (κ1) is 11.4. The summed E-state index contributed by atoms with van der Waals surface area (Å²) in [7, 11) is 0. The molecule has 0 spiro atoms. The van der Waals surface area contributed by atoms with Crippen molar-refractivity contribution in [3.63, 3.8) is 0 Å². The molecule has 1 N–H and O–H groups in total. The van der Waals surface area contributed by atoms with E-state index in [1.807, 2.05) is 0 Å². The van der Waals surface area contributed by atoms with Crippen LogP contribution >= 0.6 is 0 Å². The van der Waals surface area contributed by atoms with Crippen molar-refractivity contribution >= 4 is 5.78 Å². The van der Waals surface area contributed by atoms with Crippen LogP contribution in [0.25, 0.3) is 0 Å². The summed E-state index contributed by atoms with van der Waals surface area (Å²) in [5.41, 5.74) is 0. The number of carbonyl (C=O) groups excluding carboxylic acids is 1. The lowest BCUT2D eigenvalue weighted by atomic mass is 9.88. The second-order valence-electron chi connectivity index (χ2n) is 4.13. The van der Waals surface area contributed by atoms with Gasteiger partial charge in [0, 0.05) is 12.3 Å². The molecule has 0 amide bonds. The van der Waals surface area contributed by atoms with Crippen LogP contribution in [0.4, 0.5) is 0 Å². The molecule has 0 aromatic carbocycles. The van der Waals surface area contributed by atoms with Crippen LogP contribution in [0.5, 0.6) is 0 Å². The summed E-state index contributed by atoms with van der Waals surface area (Å²) in [6, 6.07) is 0. The largest absolute Gasteiger partial charge is 0.393 e. The van der Waals surface area contributed by atoms with Gasteiger partial charge in [0.05, 0.1) is 6.10 Å². The number of hydrogen-bond acceptors (Lipinski definition) is 2. The zero-order valence-electron chi connectivity index (χ0n) is 9.07. The lowest BCUT2D eigenvalue weighted by molar-refractivity contribution is -0.121. The lowest BCUT2D eigenvalue weighted by Gasteiger charge is -2.19. The molecule has 0 bridgehead atoms. The fourth-order valence-electron chi connectivity index (χ4n) is 2.23. The van der Waals surface area contributed by atoms with Gasteiger partial charge in [0.1, 0.15) is 5.78 Å². The third kappa shape index (κ3) is 2.68. The van der Waals surface area contributed by atoms with Crippen molar-refractivity contribution in [3.05, 3.63) is 12.2 Å². The van der Waals surface area contributed by atoms with Gasteiger partial charge in [0.2, 0.25) is 0 Å². The van der Waals surface area contributed by atoms with E-state index in [9.17, 15) is 9.90 Å². The fraction of sp³-hybridized carbons (Fsp3) is 0.750. The number of aliphatic hydroxyl groups excluding tert-OH is 1. The summed E-state index contributed by atoms with van der Waals surface area (Å²) in [5.74, 6) is 0.582. The minimum Gasteiger partial charge on any atom is -0.393 e. The summed E-state index contributed by atoms with van der Waals surface area (Å²) < 4.78 is 0. The molecular weight excluding hydrogens is 176 g/mol. The molecule has 1 fully saturated rings. The van der Waals surface area contributed by atoms with Crippen molar-refractivity contribution in [2.75, 3.05) is 0 Å². The molecule has 2 nitrogen and oxygen atoms in total. The first-order valence-corrected chi connectivity index (χ1v) is 5.52. The standard InChI is InChI=1S/C12H20O2/c1-3-4-5-6-11-10(9(2)13)7-8-12(11)14/h4-5,9-11,13H,3,6-8H2,1-2H3/b5-4-. The number of hydrogen-bond donors (Lipinski definition) is 1. The predicted molar refractivity (Wildman–Crippen MR) is 56.9 cm³/mol. The molecule has 0 aromatic heterocycles. The highest BCUT2D eigenvalue weighted by Crippen LogP contribution is 2.33. The number of carbonyl (C=O) groups is 1. The van der Waals surface area contributed by atoms with E-state index in [1.165, 1.54) is 0 Å². The Balaban J connectivity index is 2.53. The molecular formula is C12H20O2. The molecule has 14 heavy (non-hydrogen) atoms. The SMILES string of the molecule is CC/C=C\CC1C(=O)CCC1C(C)O. The van der Waals surface area contributed by atoms with Crippen LogP contribution < -0.4 is 0 Å². The third-order valence-electron chi connectivity index (χ3n) is 3.07. The maximum atomic E-state index is 11.5. The Bertz CT molecular complexity index is 218. The van der Waals surface area contributed by atoms with Gasteiger partial charge >= 0.3 is 0 Å². The second-order valence-corrected chi connectivity index (χ2v) is 4.13. The van der Waals surface area contributed by atoms with E-state index in [0.29, 0.717) is 12.2 Å². The fourth-order valence-corrected chi connectivity index (χ4v) is 2.23. The van der Waals surface area contributed by atoms with Crippen LogP contribution in [0.3, 0.4) is 0 Å². The smallest absolute Gasteiger partial charge is 0.136 e. The van der Waals surface area contributed by atoms with Gasteiger partial charge in [-0.15, -0.1) is 0 Å². The highest BCUT2D eigenvalue weighted by Gasteiger charge is 2.36. The summed E-state index contributed by atoms with van der Waals surface area (Å²) in [6.07, 6.45) is 7.15. The van der Waals surface area contributed by atoms with Crippen LogP contribution in [0, 0.1) is 11.8 Å². The molecule has 1 aliphatic carbocycles. The minimum atomic E-state index is -0.346. The van der Waals surface area contributed by atoms with Crippen molar-refractivity contribution in [1.82, 2.24) is 0 Å². The maximum absolute atomic E-state index is 11.5. The van der Waals surface area contributed by atoms with E-state index in [2.05, 4.69) is 19.1 Å². The summed E-state index contributed by atoms with van der Waals surface area (Å²) in [4.78, 5) is 11.5. The number of allylic oxidation sites excluding steroid dienone is 2. The summed E-state index contributed by atoms with van der Waals surface area (Å²) >= 11 is 0. The van der Waals surface area contributed by atoms with Crippen molar-refractivity contribution in [1.29, 1.82) is 0 Å². The Hall–Kier alpha value is -0.630. The topological polar surface area (TPSA) is 37.3 Å². The number of Topliss-reactive ketones (excluding diaryl/α,β-unsaturated/α-hetero) is 1. The number of rotatable bonds is 4. The third-order valence-corrected chi connectivity index (χ3v) is 3.07. The predicted octanol–water partition coefficient (Wildman–Crippen LogP) is 2.32. The van der Waals surface area contributed by atoms with Gasteiger partial charge in [-0.1, -0.05) is 19.1 Å². The van der Waals surface area contributed by atoms with E-state index in [4.69, 9.17) is 0 Å². The van der Waals surface area contributed by atoms with Gasteiger partial charge in [-0.3, -0.25) is 4.79 Å². The van der Waals surface area contributed by atoms with Gasteiger partial charge in [-0.05, 0) is 32.1 Å². The first-order valence-electron chi connectivity index (χ1n) is 5.52. The Morgan fingerprint density at radius 1 is 1.57 bits per heavy atom. The quantitative estimate of drug-likeness (QED) is 0.701. The minimum absolute atomic E-state index is 0.0674. The van der Waals surface area contributed by atoms with E-state index < -0.39 is 0 Å². The summed E-state index contributed by atoms with van der Waals surface area (Å²) in [6.45, 7) is 3.87. The Kier molecular flexibility index (Phi) is 4.33. The van der Waals surface area contributed by atoms with E-state index >= 15 is 0 Å². The number of ketones is 1. The maximum Gasteiger partial charge on any atom is 0.136 e. The molecule has 0 radical (unpaired) electrons. The Morgan fingerprint density at radius 3 is 2.86 bits per heavy atom. The van der Waals surface area contributed by atoms with Gasteiger partial charge in [0.15, 0.2) is 0 Å². The number of aliphatic hydroxyl groups is 1. The monoisotopic (exact) mass is 196 g/mol. The zero-order chi connectivity index (χ0) is 10.6. The van der Waals surface area contributed by atoms with Crippen LogP contribution in [-0.4, -0.2) is 17.0 Å². The van der Waals surface area contributed by atoms with Crippen molar-refractivity contribution in [3.8, 4) is 0 Å². The van der Waals surface area contributed by atoms with Crippen LogP contribution in [-0.2, 0) is 4.79 Å². The van der Waals surface area contributed by atoms with Crippen LogP contribution in [0.2, 0.25) is 0 Å². The first-order chi connectivity index (χ1) is 6.66. The zero-order valence-corrected chi connectivity index (χ0v) is 9.07. The van der Waals surface area contributed by atoms with Gasteiger partial charge in [0.25, 0.3) is 0 Å².